The van der Waals surface area contributed by atoms with E-state index in [1.165, 1.54) is 0 Å². The van der Waals surface area contributed by atoms with Crippen LogP contribution in [-0.4, -0.2) is 38.1 Å². The van der Waals surface area contributed by atoms with Crippen LogP contribution in [0.2, 0.25) is 0 Å². The molecule has 1 amide bonds. The molecule has 0 bridgehead atoms. The van der Waals surface area contributed by atoms with Crippen LogP contribution in [0.15, 0.2) is 24.3 Å². The maximum absolute atomic E-state index is 11.7. The van der Waals surface area contributed by atoms with E-state index in [9.17, 15) is 4.79 Å². The van der Waals surface area contributed by atoms with Crippen molar-refractivity contribution in [2.45, 2.75) is 18.9 Å². The summed E-state index contributed by atoms with van der Waals surface area (Å²) >= 11 is 0. The van der Waals surface area contributed by atoms with Crippen molar-refractivity contribution in [1.82, 2.24) is 10.2 Å². The summed E-state index contributed by atoms with van der Waals surface area (Å²) in [6.07, 6.45) is 1.66. The van der Waals surface area contributed by atoms with Gasteiger partial charge in [-0.3, -0.25) is 4.79 Å². The van der Waals surface area contributed by atoms with Crippen LogP contribution in [0, 0.1) is 0 Å². The smallest absolute Gasteiger partial charge is 0.222 e. The molecule has 1 aliphatic rings. The Kier molecular flexibility index (Phi) is 4.20. The molecule has 4 nitrogen and oxygen atoms in total. The van der Waals surface area contributed by atoms with Gasteiger partial charge < -0.3 is 15.0 Å². The van der Waals surface area contributed by atoms with E-state index in [0.717, 1.165) is 24.3 Å². The van der Waals surface area contributed by atoms with E-state index in [1.54, 1.807) is 7.11 Å². The summed E-state index contributed by atoms with van der Waals surface area (Å²) in [4.78, 5) is 13.6. The van der Waals surface area contributed by atoms with Crippen LogP contribution in [-0.2, 0) is 4.79 Å². The number of methoxy groups -OCH3 is 1. The molecule has 98 valence electrons. The highest BCUT2D eigenvalue weighted by Crippen LogP contribution is 2.26. The molecule has 0 radical (unpaired) electrons. The zero-order valence-electron chi connectivity index (χ0n) is 11.0. The summed E-state index contributed by atoms with van der Waals surface area (Å²) in [5, 5.41) is 3.27. The van der Waals surface area contributed by atoms with Gasteiger partial charge in [0.2, 0.25) is 5.91 Å². The fourth-order valence-corrected chi connectivity index (χ4v) is 2.42. The number of nitrogens with one attached hydrogen (secondary N) is 1. The lowest BCUT2D eigenvalue weighted by Crippen LogP contribution is -2.34. The van der Waals surface area contributed by atoms with Crippen molar-refractivity contribution in [2.24, 2.45) is 0 Å². The Morgan fingerprint density at radius 2 is 2.22 bits per heavy atom. The van der Waals surface area contributed by atoms with Crippen molar-refractivity contribution < 1.29 is 9.53 Å². The molecule has 1 N–H and O–H groups in total. The molecule has 1 aromatic carbocycles. The Bertz CT molecular complexity index is 420. The Morgan fingerprint density at radius 1 is 1.44 bits per heavy atom. The molecule has 0 spiro atoms. The van der Waals surface area contributed by atoms with Crippen LogP contribution >= 0.6 is 0 Å². The fraction of sp³-hybridized carbons (Fsp3) is 0.500. The van der Waals surface area contributed by atoms with Gasteiger partial charge in [-0.25, -0.2) is 0 Å². The third-order valence-corrected chi connectivity index (χ3v) is 3.44. The Morgan fingerprint density at radius 3 is 2.83 bits per heavy atom. The van der Waals surface area contributed by atoms with Gasteiger partial charge in [-0.05, 0) is 19.5 Å². The highest BCUT2D eigenvalue weighted by molar-refractivity contribution is 5.78. The lowest BCUT2D eigenvalue weighted by molar-refractivity contribution is -0.128. The predicted octanol–water partition coefficient (Wildman–Crippen LogP) is 1.58. The maximum Gasteiger partial charge on any atom is 0.222 e. The minimum Gasteiger partial charge on any atom is -0.496 e. The lowest BCUT2D eigenvalue weighted by atomic mass is 10.1. The van der Waals surface area contributed by atoms with E-state index in [-0.39, 0.29) is 11.9 Å². The molecular weight excluding hydrogens is 228 g/mol. The average Bonchev–Trinajstić information content (AvgIpc) is 2.81. The van der Waals surface area contributed by atoms with Gasteiger partial charge in [0.1, 0.15) is 5.75 Å². The quantitative estimate of drug-likeness (QED) is 0.860. The molecule has 4 heteroatoms. The summed E-state index contributed by atoms with van der Waals surface area (Å²) in [5.74, 6) is 1.12. The Labute approximate surface area is 108 Å². The minimum absolute atomic E-state index is 0.114. The van der Waals surface area contributed by atoms with Crippen molar-refractivity contribution in [3.05, 3.63) is 29.8 Å². The van der Waals surface area contributed by atoms with E-state index < -0.39 is 0 Å². The Balaban J connectivity index is 2.14. The number of hydrogen-bond acceptors (Lipinski definition) is 3. The number of carbonyl (C=O) groups excluding carboxylic acids is 1. The van der Waals surface area contributed by atoms with Crippen molar-refractivity contribution in [2.75, 3.05) is 27.2 Å². The van der Waals surface area contributed by atoms with Gasteiger partial charge in [0, 0.05) is 25.1 Å². The number of hydrogen-bond donors (Lipinski definition) is 1. The van der Waals surface area contributed by atoms with Crippen molar-refractivity contribution >= 4 is 5.91 Å². The molecule has 1 fully saturated rings. The summed E-state index contributed by atoms with van der Waals surface area (Å²) in [6.45, 7) is 1.57. The fourth-order valence-electron chi connectivity index (χ4n) is 2.42. The largest absolute Gasteiger partial charge is 0.496 e. The lowest BCUT2D eigenvalue weighted by Gasteiger charge is -2.25. The molecule has 0 aliphatic carbocycles. The summed E-state index contributed by atoms with van der Waals surface area (Å²) < 4.78 is 5.38. The van der Waals surface area contributed by atoms with Gasteiger partial charge in [0.25, 0.3) is 0 Å². The van der Waals surface area contributed by atoms with E-state index in [2.05, 4.69) is 5.32 Å². The summed E-state index contributed by atoms with van der Waals surface area (Å²) in [5.41, 5.74) is 1.10. The van der Waals surface area contributed by atoms with Gasteiger partial charge in [-0.1, -0.05) is 18.2 Å². The first kappa shape index (κ1) is 12.9. The van der Waals surface area contributed by atoms with Crippen LogP contribution < -0.4 is 10.1 Å². The normalized spacial score (nSPS) is 17.0. The number of benzene rings is 1. The molecule has 18 heavy (non-hydrogen) atoms. The van der Waals surface area contributed by atoms with Gasteiger partial charge >= 0.3 is 0 Å². The third-order valence-electron chi connectivity index (χ3n) is 3.44. The molecule has 1 saturated heterocycles. The molecule has 1 aromatic rings. The van der Waals surface area contributed by atoms with Gasteiger partial charge in [0.05, 0.1) is 13.2 Å². The molecular formula is C14H20N2O2. The number of amides is 1. The number of carbonyl (C=O) groups is 1. The van der Waals surface area contributed by atoms with Crippen LogP contribution in [0.1, 0.15) is 24.4 Å². The van der Waals surface area contributed by atoms with Crippen LogP contribution in [0.5, 0.6) is 5.75 Å². The van der Waals surface area contributed by atoms with E-state index >= 15 is 0 Å². The maximum atomic E-state index is 11.7. The van der Waals surface area contributed by atoms with Crippen LogP contribution in [0.4, 0.5) is 0 Å². The summed E-state index contributed by atoms with van der Waals surface area (Å²) in [6, 6.07) is 8.05. The summed E-state index contributed by atoms with van der Waals surface area (Å²) in [7, 11) is 3.59. The Hall–Kier alpha value is -1.55. The van der Waals surface area contributed by atoms with Crippen LogP contribution in [0.3, 0.4) is 0 Å². The topological polar surface area (TPSA) is 41.6 Å². The van der Waals surface area contributed by atoms with Gasteiger partial charge in [-0.15, -0.1) is 0 Å². The third kappa shape index (κ3) is 2.64. The number of para-hydroxylation sites is 1. The van der Waals surface area contributed by atoms with Crippen LogP contribution in [0.25, 0.3) is 0 Å². The highest BCUT2D eigenvalue weighted by Gasteiger charge is 2.24. The highest BCUT2D eigenvalue weighted by atomic mass is 16.5. The first-order chi connectivity index (χ1) is 8.76. The minimum atomic E-state index is 0.114. The van der Waals surface area contributed by atoms with Crippen molar-refractivity contribution in [1.29, 1.82) is 0 Å². The van der Waals surface area contributed by atoms with E-state index in [4.69, 9.17) is 4.74 Å². The van der Waals surface area contributed by atoms with E-state index in [0.29, 0.717) is 13.0 Å². The zero-order valence-corrected chi connectivity index (χ0v) is 11.0. The number of nitrogens with zero attached hydrogens (tertiary/aromatic N) is 1. The van der Waals surface area contributed by atoms with E-state index in [1.807, 2.05) is 36.2 Å². The van der Waals surface area contributed by atoms with Crippen molar-refractivity contribution in [3.8, 4) is 5.75 Å². The molecule has 1 heterocycles. The van der Waals surface area contributed by atoms with Crippen molar-refractivity contribution in [3.63, 3.8) is 0 Å². The second-order valence-electron chi connectivity index (χ2n) is 4.53. The molecule has 2 rings (SSSR count). The van der Waals surface area contributed by atoms with Gasteiger partial charge in [-0.2, -0.15) is 0 Å². The molecule has 1 atom stereocenters. The second kappa shape index (κ2) is 5.87. The number of likely N-dealkylation sites (tertiary alicyclic amines) is 1. The zero-order chi connectivity index (χ0) is 13.0. The monoisotopic (exact) mass is 248 g/mol. The van der Waals surface area contributed by atoms with Gasteiger partial charge in [0.15, 0.2) is 0 Å². The second-order valence-corrected chi connectivity index (χ2v) is 4.53. The first-order valence-corrected chi connectivity index (χ1v) is 6.34. The predicted molar refractivity (Wildman–Crippen MR) is 70.6 cm³/mol. The number of ether oxygens (including phenoxy) is 1. The molecule has 1 aliphatic heterocycles. The number of likely N-dealkylation sites (N-methyl/N-ethyl adjacent to an activating group) is 1. The molecule has 0 aromatic heterocycles. The molecule has 0 saturated carbocycles. The molecule has 1 unspecified atom stereocenters. The average molecular weight is 248 g/mol. The SMILES string of the molecule is CNC(CN1CCCC1=O)c1ccccc1OC. The first-order valence-electron chi connectivity index (χ1n) is 6.34. The number of rotatable bonds is 5. The standard InChI is InChI=1S/C14H20N2O2/c1-15-12(10-16-9-5-8-14(16)17)11-6-3-4-7-13(11)18-2/h3-4,6-7,12,15H,5,8-10H2,1-2H3.